The molecule has 0 aliphatic carbocycles. The monoisotopic (exact) mass is 251 g/mol. The second-order valence-corrected chi connectivity index (χ2v) is 5.10. The normalized spacial score (nSPS) is 11.1. The summed E-state index contributed by atoms with van der Waals surface area (Å²) in [5, 5.41) is 3.26. The minimum absolute atomic E-state index is 0.558. The van der Waals surface area contributed by atoms with E-state index in [9.17, 15) is 0 Å². The molecule has 1 rings (SSSR count). The quantitative estimate of drug-likeness (QED) is 0.832. The Labute approximate surface area is 110 Å². The van der Waals surface area contributed by atoms with E-state index in [4.69, 9.17) is 0 Å². The van der Waals surface area contributed by atoms with E-state index in [2.05, 4.69) is 41.1 Å². The molecule has 1 N–H and O–H groups in total. The molecule has 0 saturated heterocycles. The molecule has 0 aromatic carbocycles. The van der Waals surface area contributed by atoms with Crippen LogP contribution in [-0.2, 0) is 0 Å². The van der Waals surface area contributed by atoms with Crippen molar-refractivity contribution in [1.29, 1.82) is 0 Å². The zero-order chi connectivity index (χ0) is 13.7. The summed E-state index contributed by atoms with van der Waals surface area (Å²) in [6.45, 7) is 8.22. The van der Waals surface area contributed by atoms with E-state index < -0.39 is 0 Å². The molecule has 0 bridgehead atoms. The first-order valence-electron chi connectivity index (χ1n) is 6.37. The van der Waals surface area contributed by atoms with E-state index in [1.807, 2.05) is 32.1 Å². The second-order valence-electron chi connectivity index (χ2n) is 5.10. The molecule has 0 radical (unpaired) electrons. The highest BCUT2D eigenvalue weighted by molar-refractivity contribution is 5.47. The van der Waals surface area contributed by atoms with E-state index in [0.717, 1.165) is 24.5 Å². The predicted molar refractivity (Wildman–Crippen MR) is 77.4 cm³/mol. The van der Waals surface area contributed by atoms with Gasteiger partial charge in [0.25, 0.3) is 0 Å². The highest BCUT2D eigenvalue weighted by Crippen LogP contribution is 2.14. The van der Waals surface area contributed by atoms with Crippen LogP contribution in [0.1, 0.15) is 19.4 Å². The molecule has 1 aromatic rings. The van der Waals surface area contributed by atoms with Gasteiger partial charge in [-0.2, -0.15) is 4.98 Å². The number of nitrogens with zero attached hydrogens (tertiary/aromatic N) is 4. The fourth-order valence-electron chi connectivity index (χ4n) is 1.57. The Kier molecular flexibility index (Phi) is 5.34. The first-order chi connectivity index (χ1) is 8.41. The number of hydrogen-bond donors (Lipinski definition) is 1. The second kappa shape index (κ2) is 6.54. The molecular formula is C13H25N5. The third-order valence-corrected chi connectivity index (χ3v) is 3.00. The number of likely N-dealkylation sites (N-methyl/N-ethyl adjacent to an activating group) is 1. The van der Waals surface area contributed by atoms with Crippen LogP contribution in [-0.4, -0.2) is 55.1 Å². The molecular weight excluding hydrogens is 226 g/mol. The Bertz CT molecular complexity index is 376. The van der Waals surface area contributed by atoms with Crippen LogP contribution in [0.2, 0.25) is 0 Å². The fourth-order valence-corrected chi connectivity index (χ4v) is 1.57. The van der Waals surface area contributed by atoms with E-state index in [1.54, 1.807) is 0 Å². The lowest BCUT2D eigenvalue weighted by Gasteiger charge is -2.21. The maximum Gasteiger partial charge on any atom is 0.224 e. The maximum atomic E-state index is 4.50. The van der Waals surface area contributed by atoms with Crippen LogP contribution in [0, 0.1) is 6.92 Å². The Morgan fingerprint density at radius 1 is 1.28 bits per heavy atom. The third kappa shape index (κ3) is 4.14. The zero-order valence-corrected chi connectivity index (χ0v) is 12.4. The van der Waals surface area contributed by atoms with Gasteiger partial charge in [0.15, 0.2) is 0 Å². The Hall–Kier alpha value is -1.36. The minimum atomic E-state index is 0.558. The Morgan fingerprint density at radius 2 is 1.94 bits per heavy atom. The number of anilines is 2. The van der Waals surface area contributed by atoms with Crippen LogP contribution in [0.3, 0.4) is 0 Å². The molecule has 1 heterocycles. The van der Waals surface area contributed by atoms with Crippen molar-refractivity contribution in [2.75, 3.05) is 44.4 Å². The first kappa shape index (κ1) is 14.7. The highest BCUT2D eigenvalue weighted by atomic mass is 15.2. The SMILES string of the molecule is Cc1cnc(NCCN(C)C(C)C)nc1N(C)C. The Balaban J connectivity index is 2.55. The molecule has 18 heavy (non-hydrogen) atoms. The van der Waals surface area contributed by atoms with Crippen molar-refractivity contribution in [1.82, 2.24) is 14.9 Å². The van der Waals surface area contributed by atoms with Crippen LogP contribution in [0.15, 0.2) is 6.20 Å². The van der Waals surface area contributed by atoms with Crippen LogP contribution in [0.5, 0.6) is 0 Å². The summed E-state index contributed by atoms with van der Waals surface area (Å²) in [5.74, 6) is 1.66. The highest BCUT2D eigenvalue weighted by Gasteiger charge is 2.06. The first-order valence-corrected chi connectivity index (χ1v) is 6.37. The smallest absolute Gasteiger partial charge is 0.224 e. The zero-order valence-electron chi connectivity index (χ0n) is 12.4. The molecule has 0 amide bonds. The number of rotatable bonds is 6. The molecule has 0 spiro atoms. The lowest BCUT2D eigenvalue weighted by molar-refractivity contribution is 0.284. The van der Waals surface area contributed by atoms with Crippen molar-refractivity contribution in [3.8, 4) is 0 Å². The van der Waals surface area contributed by atoms with Gasteiger partial charge in [0.1, 0.15) is 5.82 Å². The number of aromatic nitrogens is 2. The van der Waals surface area contributed by atoms with Crippen LogP contribution in [0.4, 0.5) is 11.8 Å². The lowest BCUT2D eigenvalue weighted by atomic mass is 10.3. The maximum absolute atomic E-state index is 4.50. The van der Waals surface area contributed by atoms with Crippen LogP contribution >= 0.6 is 0 Å². The van der Waals surface area contributed by atoms with Crippen molar-refractivity contribution in [2.24, 2.45) is 0 Å². The van der Waals surface area contributed by atoms with Gasteiger partial charge in [-0.15, -0.1) is 0 Å². The summed E-state index contributed by atoms with van der Waals surface area (Å²) in [6, 6.07) is 0.558. The predicted octanol–water partition coefficient (Wildman–Crippen LogP) is 1.60. The van der Waals surface area contributed by atoms with Gasteiger partial charge in [-0.3, -0.25) is 0 Å². The summed E-state index contributed by atoms with van der Waals surface area (Å²) >= 11 is 0. The molecule has 1 aromatic heterocycles. The molecule has 0 saturated carbocycles. The summed E-state index contributed by atoms with van der Waals surface area (Å²) in [4.78, 5) is 13.1. The van der Waals surface area contributed by atoms with E-state index in [1.165, 1.54) is 0 Å². The van der Waals surface area contributed by atoms with Gasteiger partial charge in [-0.05, 0) is 27.8 Å². The van der Waals surface area contributed by atoms with E-state index >= 15 is 0 Å². The molecule has 0 unspecified atom stereocenters. The van der Waals surface area contributed by atoms with Gasteiger partial charge >= 0.3 is 0 Å². The van der Waals surface area contributed by atoms with Crippen molar-refractivity contribution in [2.45, 2.75) is 26.8 Å². The van der Waals surface area contributed by atoms with Crippen molar-refractivity contribution in [3.05, 3.63) is 11.8 Å². The van der Waals surface area contributed by atoms with Crippen molar-refractivity contribution < 1.29 is 0 Å². The van der Waals surface area contributed by atoms with Gasteiger partial charge in [0.05, 0.1) is 0 Å². The summed E-state index contributed by atoms with van der Waals surface area (Å²) in [5.41, 5.74) is 1.09. The molecule has 0 aliphatic heterocycles. The standard InChI is InChI=1S/C13H25N5/c1-10(2)18(6)8-7-14-13-15-9-11(3)12(16-13)17(4)5/h9-10H,7-8H2,1-6H3,(H,14,15,16). The van der Waals surface area contributed by atoms with Crippen LogP contribution < -0.4 is 10.2 Å². The molecule has 0 atom stereocenters. The van der Waals surface area contributed by atoms with E-state index in [0.29, 0.717) is 12.0 Å². The van der Waals surface area contributed by atoms with Crippen LogP contribution in [0.25, 0.3) is 0 Å². The lowest BCUT2D eigenvalue weighted by Crippen LogP contribution is -2.31. The van der Waals surface area contributed by atoms with Gasteiger partial charge < -0.3 is 15.1 Å². The number of nitrogens with one attached hydrogen (secondary N) is 1. The van der Waals surface area contributed by atoms with Gasteiger partial charge in [0, 0.05) is 45.0 Å². The molecule has 5 nitrogen and oxygen atoms in total. The molecule has 5 heteroatoms. The molecule has 102 valence electrons. The minimum Gasteiger partial charge on any atom is -0.362 e. The van der Waals surface area contributed by atoms with Gasteiger partial charge in [-0.1, -0.05) is 0 Å². The fraction of sp³-hybridized carbons (Fsp3) is 0.692. The summed E-state index contributed by atoms with van der Waals surface area (Å²) in [7, 11) is 6.10. The molecule has 0 aliphatic rings. The average molecular weight is 251 g/mol. The number of aryl methyl sites for hydroxylation is 1. The summed E-state index contributed by atoms with van der Waals surface area (Å²) < 4.78 is 0. The number of hydrogen-bond acceptors (Lipinski definition) is 5. The largest absolute Gasteiger partial charge is 0.362 e. The topological polar surface area (TPSA) is 44.3 Å². The van der Waals surface area contributed by atoms with Gasteiger partial charge in [-0.25, -0.2) is 4.98 Å². The van der Waals surface area contributed by atoms with Crippen molar-refractivity contribution >= 4 is 11.8 Å². The van der Waals surface area contributed by atoms with Gasteiger partial charge in [0.2, 0.25) is 5.95 Å². The van der Waals surface area contributed by atoms with Crippen molar-refractivity contribution in [3.63, 3.8) is 0 Å². The molecule has 0 fully saturated rings. The van der Waals surface area contributed by atoms with E-state index in [-0.39, 0.29) is 0 Å². The third-order valence-electron chi connectivity index (χ3n) is 3.00. The summed E-state index contributed by atoms with van der Waals surface area (Å²) in [6.07, 6.45) is 1.86. The Morgan fingerprint density at radius 3 is 2.50 bits per heavy atom. The average Bonchev–Trinajstić information content (AvgIpc) is 2.30.